The van der Waals surface area contributed by atoms with E-state index < -0.39 is 15.0 Å². The first kappa shape index (κ1) is 20.5. The Kier molecular flexibility index (Phi) is 5.95. The van der Waals surface area contributed by atoms with Crippen molar-refractivity contribution in [1.82, 2.24) is 9.97 Å². The first-order valence-corrected chi connectivity index (χ1v) is 8.22. The van der Waals surface area contributed by atoms with Crippen LogP contribution in [-0.4, -0.2) is 28.0 Å². The molecule has 0 saturated carbocycles. The van der Waals surface area contributed by atoms with Gasteiger partial charge in [0.2, 0.25) is 0 Å². The van der Waals surface area contributed by atoms with Gasteiger partial charge in [0.1, 0.15) is 21.6 Å². The number of phenols is 1. The Morgan fingerprint density at radius 3 is 2.48 bits per heavy atom. The monoisotopic (exact) mass is 390 g/mol. The van der Waals surface area contributed by atoms with Crippen LogP contribution in [-0.2, 0) is 10.1 Å². The minimum Gasteiger partial charge on any atom is -0.744 e. The Morgan fingerprint density at radius 2 is 1.89 bits per heavy atom. The summed E-state index contributed by atoms with van der Waals surface area (Å²) in [6.45, 7) is 13.9. The molecule has 0 saturated heterocycles. The molecule has 12 heteroatoms. The molecule has 0 unspecified atom stereocenters. The summed E-state index contributed by atoms with van der Waals surface area (Å²) < 4.78 is 33.4. The average Bonchev–Trinajstić information content (AvgIpc) is 3.02. The molecule has 0 fully saturated rings. The third-order valence-corrected chi connectivity index (χ3v) is 4.18. The molecule has 2 aromatic carbocycles. The molecule has 0 bridgehead atoms. The number of azo groups is 1. The van der Waals surface area contributed by atoms with Crippen molar-refractivity contribution in [3.05, 3.63) is 53.2 Å². The minimum atomic E-state index is -4.62. The van der Waals surface area contributed by atoms with Crippen LogP contribution in [0.1, 0.15) is 0 Å². The van der Waals surface area contributed by atoms with Gasteiger partial charge in [0.25, 0.3) is 11.6 Å². The van der Waals surface area contributed by atoms with E-state index in [1.165, 1.54) is 18.2 Å². The molecule has 0 aliphatic rings. The van der Waals surface area contributed by atoms with Gasteiger partial charge < -0.3 is 19.3 Å². The molecule has 2 N–H and O–H groups in total. The molecule has 3 rings (SSSR count). The van der Waals surface area contributed by atoms with Crippen molar-refractivity contribution in [2.24, 2.45) is 10.2 Å². The molecule has 0 amide bonds. The molecule has 1 aromatic heterocycles. The van der Waals surface area contributed by atoms with Crippen molar-refractivity contribution >= 4 is 44.2 Å². The van der Waals surface area contributed by atoms with Crippen molar-refractivity contribution < 1.29 is 47.6 Å². The summed E-state index contributed by atoms with van der Waals surface area (Å²) in [6, 6.07) is 6.29. The van der Waals surface area contributed by atoms with Crippen LogP contribution in [0.15, 0.2) is 45.5 Å². The van der Waals surface area contributed by atoms with Crippen molar-refractivity contribution in [2.75, 3.05) is 0 Å². The van der Waals surface area contributed by atoms with Crippen molar-refractivity contribution in [3.8, 4) is 5.75 Å². The fraction of sp³-hybridized carbons (Fsp3) is 0. The van der Waals surface area contributed by atoms with Gasteiger partial charge in [-0.1, -0.05) is 35.4 Å². The number of aromatic hydroxyl groups is 1. The summed E-state index contributed by atoms with van der Waals surface area (Å²) in [5.41, 5.74) is 0.0162. The van der Waals surface area contributed by atoms with Gasteiger partial charge in [-0.05, 0) is 23.6 Å². The number of nitrogens with zero attached hydrogens (tertiary/aromatic N) is 5. The zero-order valence-corrected chi connectivity index (χ0v) is 16.5. The zero-order chi connectivity index (χ0) is 18.9. The van der Waals surface area contributed by atoms with Crippen LogP contribution in [0.4, 0.5) is 23.3 Å². The van der Waals surface area contributed by atoms with Crippen LogP contribution in [0.3, 0.4) is 0 Å². The molecule has 27 heavy (non-hydrogen) atoms. The van der Waals surface area contributed by atoms with E-state index in [0.717, 1.165) is 12.1 Å². The van der Waals surface area contributed by atoms with Crippen molar-refractivity contribution in [2.45, 2.75) is 4.90 Å². The Labute approximate surface area is 175 Å². The second-order valence-corrected chi connectivity index (χ2v) is 6.31. The predicted molar refractivity (Wildman–Crippen MR) is 88.9 cm³/mol. The van der Waals surface area contributed by atoms with E-state index in [-0.39, 0.29) is 58.6 Å². The van der Waals surface area contributed by atoms with Gasteiger partial charge >= 0.3 is 35.5 Å². The number of aromatic amines is 1. The van der Waals surface area contributed by atoms with Crippen molar-refractivity contribution in [3.63, 3.8) is 0 Å². The second kappa shape index (κ2) is 7.84. The summed E-state index contributed by atoms with van der Waals surface area (Å²) in [6.07, 6.45) is 0. The standard InChI is InChI=1S/C15H8N6O4S.Na/c1-16-13-14(17-2)19-15(18-13)21-20-12-10-5-4-9(26(23,24)25)7-8(10)3-6-11(12)22;/h3-7,22H,(H,18,19)(H,23,24,25);/q;+1/p-1. The fourth-order valence-electron chi connectivity index (χ4n) is 2.18. The zero-order valence-electron chi connectivity index (χ0n) is 13.7. The predicted octanol–water partition coefficient (Wildman–Crippen LogP) is 0.694. The number of fused-ring (bicyclic) bond motifs is 1. The van der Waals surface area contributed by atoms with E-state index in [0.29, 0.717) is 10.8 Å². The molecule has 1 heterocycles. The Balaban J connectivity index is 0.00000261. The number of hydrogen-bond acceptors (Lipinski definition) is 7. The van der Waals surface area contributed by atoms with Crippen LogP contribution in [0.25, 0.3) is 20.5 Å². The first-order valence-electron chi connectivity index (χ1n) is 6.82. The van der Waals surface area contributed by atoms with E-state index >= 15 is 0 Å². The Morgan fingerprint density at radius 1 is 1.15 bits per heavy atom. The summed E-state index contributed by atoms with van der Waals surface area (Å²) >= 11 is 0. The van der Waals surface area contributed by atoms with E-state index in [1.54, 1.807) is 0 Å². The molecule has 0 aliphatic heterocycles. The van der Waals surface area contributed by atoms with Gasteiger partial charge in [-0.3, -0.25) is 4.98 Å². The number of rotatable bonds is 3. The molecule has 3 aromatic rings. The molecule has 10 nitrogen and oxygen atoms in total. The number of nitrogens with one attached hydrogen (secondary N) is 1. The molecule has 128 valence electrons. The summed E-state index contributed by atoms with van der Waals surface area (Å²) in [7, 11) is -4.62. The largest absolute Gasteiger partial charge is 1.00 e. The summed E-state index contributed by atoms with van der Waals surface area (Å²) in [4.78, 5) is 12.1. The minimum absolute atomic E-state index is 0. The topological polar surface area (TPSA) is 140 Å². The normalized spacial score (nSPS) is 11.1. The van der Waals surface area contributed by atoms with Crippen LogP contribution in [0.2, 0.25) is 0 Å². The van der Waals surface area contributed by atoms with Crippen LogP contribution in [0.5, 0.6) is 5.75 Å². The average molecular weight is 390 g/mol. The van der Waals surface area contributed by atoms with Crippen LogP contribution < -0.4 is 29.6 Å². The van der Waals surface area contributed by atoms with Gasteiger partial charge in [-0.25, -0.2) is 8.42 Å². The third kappa shape index (κ3) is 4.14. The second-order valence-electron chi connectivity index (χ2n) is 4.93. The van der Waals surface area contributed by atoms with Gasteiger partial charge in [-0.2, -0.15) is 0 Å². The Hall–Kier alpha value is -2.80. The Bertz CT molecular complexity index is 1220. The molecular weight excluding hydrogens is 383 g/mol. The molecule has 0 atom stereocenters. The number of phenolic OH excluding ortho intramolecular Hbond substituents is 1. The van der Waals surface area contributed by atoms with Gasteiger partial charge in [-0.15, -0.1) is 5.11 Å². The van der Waals surface area contributed by atoms with Gasteiger partial charge in [0, 0.05) is 5.39 Å². The maximum atomic E-state index is 11.1. The van der Waals surface area contributed by atoms with E-state index in [2.05, 4.69) is 29.9 Å². The van der Waals surface area contributed by atoms with E-state index in [4.69, 9.17) is 13.1 Å². The maximum absolute atomic E-state index is 11.1. The first-order chi connectivity index (χ1) is 12.3. The van der Waals surface area contributed by atoms with Gasteiger partial charge in [0.05, 0.1) is 4.90 Å². The molecular formula is C15H7N6NaO4S. The number of aromatic nitrogens is 2. The quantitative estimate of drug-likeness (QED) is 0.293. The smallest absolute Gasteiger partial charge is 0.744 e. The number of H-pyrrole nitrogens is 1. The third-order valence-electron chi connectivity index (χ3n) is 3.35. The van der Waals surface area contributed by atoms with Crippen molar-refractivity contribution in [1.29, 1.82) is 0 Å². The molecule has 0 spiro atoms. The molecule has 0 aliphatic carbocycles. The fourth-order valence-corrected chi connectivity index (χ4v) is 2.69. The van der Waals surface area contributed by atoms with Crippen LogP contribution >= 0.6 is 0 Å². The number of imidazole rings is 1. The summed E-state index contributed by atoms with van der Waals surface area (Å²) in [5, 5.41) is 18.3. The number of benzene rings is 2. The van der Waals surface area contributed by atoms with Crippen LogP contribution in [0, 0.1) is 13.1 Å². The SMILES string of the molecule is [C-]#[N+]c1nc(N=Nc2c(O)ccc3cc(S(=O)(=O)[O-])ccc23)[nH]c1[N+]#[C-].[Na+]. The maximum Gasteiger partial charge on any atom is 1.00 e. The van der Waals surface area contributed by atoms with E-state index in [1.807, 2.05) is 0 Å². The van der Waals surface area contributed by atoms with E-state index in [9.17, 15) is 18.1 Å². The molecule has 0 radical (unpaired) electrons. The number of hydrogen-bond donors (Lipinski definition) is 2. The van der Waals surface area contributed by atoms with Gasteiger partial charge in [0.15, 0.2) is 0 Å². The summed E-state index contributed by atoms with van der Waals surface area (Å²) in [5.74, 6) is -0.568.